The van der Waals surface area contributed by atoms with Crippen molar-refractivity contribution in [2.75, 3.05) is 50.8 Å². The lowest BCUT2D eigenvalue weighted by Crippen LogP contribution is -2.49. The van der Waals surface area contributed by atoms with Crippen LogP contribution in [0.1, 0.15) is 49.9 Å². The number of benzene rings is 1. The molecule has 0 saturated carbocycles. The van der Waals surface area contributed by atoms with E-state index in [-0.39, 0.29) is 29.3 Å². The zero-order valence-electron chi connectivity index (χ0n) is 21.7. The lowest BCUT2D eigenvalue weighted by atomic mass is 9.93. The molecule has 0 bridgehead atoms. The predicted octanol–water partition coefficient (Wildman–Crippen LogP) is 2.59. The first-order valence-electron chi connectivity index (χ1n) is 12.9. The van der Waals surface area contributed by atoms with E-state index in [0.717, 1.165) is 45.4 Å². The number of rotatable bonds is 11. The van der Waals surface area contributed by atoms with E-state index in [1.54, 1.807) is 29.0 Å². The third-order valence-corrected chi connectivity index (χ3v) is 8.45. The van der Waals surface area contributed by atoms with Crippen LogP contribution in [0.25, 0.3) is 0 Å². The van der Waals surface area contributed by atoms with Crippen molar-refractivity contribution in [1.29, 1.82) is 0 Å². The molecule has 2 amide bonds. The molecule has 36 heavy (non-hydrogen) atoms. The molecule has 3 rings (SSSR count). The standard InChI is InChI=1S/C26H41N5O4S/c1-4-19(6-5-18(2)16-27)25(33)31-17-22(29-11-13-30(36-3)14-12-29)15-23(31)24(32)28-21-9-7-20(8-10-21)26(34)35/h7-10,18-19,22-23H,4-6,11-17,27H2,1-3H3,(H,28,32)(H,34,35)/t18-,19+,22?,23?/m1/s1. The van der Waals surface area contributed by atoms with Gasteiger partial charge in [-0.05, 0) is 68.7 Å². The second kappa shape index (κ2) is 13.4. The summed E-state index contributed by atoms with van der Waals surface area (Å²) >= 11 is 1.75. The average molecular weight is 520 g/mol. The maximum absolute atomic E-state index is 13.7. The number of amides is 2. The van der Waals surface area contributed by atoms with E-state index in [1.165, 1.54) is 12.1 Å². The highest BCUT2D eigenvalue weighted by Gasteiger charge is 2.43. The number of piperazine rings is 1. The van der Waals surface area contributed by atoms with E-state index < -0.39 is 12.0 Å². The number of likely N-dealkylation sites (tertiary alicyclic amines) is 1. The Morgan fingerprint density at radius 1 is 1.14 bits per heavy atom. The summed E-state index contributed by atoms with van der Waals surface area (Å²) in [4.78, 5) is 42.5. The quantitative estimate of drug-likeness (QED) is 0.382. The number of hydrogen-bond donors (Lipinski definition) is 3. The van der Waals surface area contributed by atoms with Crippen LogP contribution in [0, 0.1) is 11.8 Å². The fourth-order valence-corrected chi connectivity index (χ4v) is 5.61. The minimum Gasteiger partial charge on any atom is -0.478 e. The number of carboxylic acids is 1. The third kappa shape index (κ3) is 7.21. The summed E-state index contributed by atoms with van der Waals surface area (Å²) in [7, 11) is 0. The summed E-state index contributed by atoms with van der Waals surface area (Å²) in [5.74, 6) is -0.954. The van der Waals surface area contributed by atoms with Crippen LogP contribution in [0.4, 0.5) is 5.69 Å². The van der Waals surface area contributed by atoms with E-state index in [0.29, 0.717) is 31.1 Å². The molecule has 0 aliphatic carbocycles. The molecule has 0 radical (unpaired) electrons. The molecule has 2 saturated heterocycles. The van der Waals surface area contributed by atoms with Crippen molar-refractivity contribution in [3.8, 4) is 0 Å². The number of carbonyl (C=O) groups excluding carboxylic acids is 2. The van der Waals surface area contributed by atoms with E-state index >= 15 is 0 Å². The molecule has 200 valence electrons. The van der Waals surface area contributed by atoms with Gasteiger partial charge < -0.3 is 21.1 Å². The van der Waals surface area contributed by atoms with Gasteiger partial charge in [-0.2, -0.15) is 0 Å². The van der Waals surface area contributed by atoms with Crippen LogP contribution >= 0.6 is 11.9 Å². The Morgan fingerprint density at radius 2 is 1.81 bits per heavy atom. The molecule has 10 heteroatoms. The highest BCUT2D eigenvalue weighted by atomic mass is 32.2. The lowest BCUT2D eigenvalue weighted by Gasteiger charge is -2.36. The molecule has 9 nitrogen and oxygen atoms in total. The number of nitrogens with zero attached hydrogens (tertiary/aromatic N) is 3. The van der Waals surface area contributed by atoms with Gasteiger partial charge >= 0.3 is 5.97 Å². The third-order valence-electron chi connectivity index (χ3n) is 7.56. The summed E-state index contributed by atoms with van der Waals surface area (Å²) < 4.78 is 2.34. The van der Waals surface area contributed by atoms with Crippen LogP contribution in [0.3, 0.4) is 0 Å². The Bertz CT molecular complexity index is 891. The Kier molecular flexibility index (Phi) is 10.6. The van der Waals surface area contributed by atoms with Gasteiger partial charge in [0.2, 0.25) is 11.8 Å². The van der Waals surface area contributed by atoms with E-state index in [4.69, 9.17) is 10.8 Å². The topological polar surface area (TPSA) is 119 Å². The van der Waals surface area contributed by atoms with Crippen LogP contribution in [0.15, 0.2) is 24.3 Å². The SMILES string of the molecule is CC[C@@H](CC[C@@H](C)CN)C(=O)N1CC(N2CCN(SC)CC2)CC1C(=O)Nc1ccc(C(=O)O)cc1. The molecule has 1 aromatic carbocycles. The number of anilines is 1. The van der Waals surface area contributed by atoms with Gasteiger partial charge in [-0.25, -0.2) is 9.10 Å². The molecule has 2 fully saturated rings. The minimum atomic E-state index is -1.01. The summed E-state index contributed by atoms with van der Waals surface area (Å²) in [6.07, 6.45) is 5.08. The van der Waals surface area contributed by atoms with Crippen molar-refractivity contribution in [3.05, 3.63) is 29.8 Å². The molecule has 2 unspecified atom stereocenters. The number of carbonyl (C=O) groups is 3. The molecular formula is C26H41N5O4S. The van der Waals surface area contributed by atoms with Gasteiger partial charge in [-0.3, -0.25) is 14.5 Å². The molecule has 2 aliphatic rings. The monoisotopic (exact) mass is 519 g/mol. The zero-order chi connectivity index (χ0) is 26.2. The van der Waals surface area contributed by atoms with Crippen LogP contribution in [-0.4, -0.2) is 94.6 Å². The fraction of sp³-hybridized carbons (Fsp3) is 0.654. The minimum absolute atomic E-state index is 0.0494. The average Bonchev–Trinajstić information content (AvgIpc) is 3.35. The van der Waals surface area contributed by atoms with Gasteiger partial charge in [0, 0.05) is 50.4 Å². The summed E-state index contributed by atoms with van der Waals surface area (Å²) in [6.45, 7) is 9.06. The summed E-state index contributed by atoms with van der Waals surface area (Å²) in [5, 5.41) is 12.1. The largest absolute Gasteiger partial charge is 0.478 e. The number of aromatic carboxylic acids is 1. The molecule has 0 spiro atoms. The van der Waals surface area contributed by atoms with Crippen molar-refractivity contribution in [2.24, 2.45) is 17.6 Å². The molecule has 2 heterocycles. The second-order valence-electron chi connectivity index (χ2n) is 9.94. The van der Waals surface area contributed by atoms with Gasteiger partial charge in [-0.1, -0.05) is 25.8 Å². The van der Waals surface area contributed by atoms with Crippen molar-refractivity contribution in [1.82, 2.24) is 14.1 Å². The molecule has 4 N–H and O–H groups in total. The van der Waals surface area contributed by atoms with Gasteiger partial charge in [0.25, 0.3) is 0 Å². The summed E-state index contributed by atoms with van der Waals surface area (Å²) in [5.41, 5.74) is 6.47. The first-order chi connectivity index (χ1) is 17.3. The number of nitrogens with one attached hydrogen (secondary N) is 1. The van der Waals surface area contributed by atoms with Crippen molar-refractivity contribution in [2.45, 2.75) is 51.6 Å². The number of nitrogens with two attached hydrogens (primary N) is 1. The van der Waals surface area contributed by atoms with Crippen molar-refractivity contribution in [3.63, 3.8) is 0 Å². The Hall–Kier alpha value is -2.14. The zero-order valence-corrected chi connectivity index (χ0v) is 22.5. The van der Waals surface area contributed by atoms with Crippen LogP contribution < -0.4 is 11.1 Å². The van der Waals surface area contributed by atoms with Crippen molar-refractivity contribution >= 4 is 35.4 Å². The highest BCUT2D eigenvalue weighted by molar-refractivity contribution is 7.96. The van der Waals surface area contributed by atoms with Gasteiger partial charge in [0.15, 0.2) is 0 Å². The van der Waals surface area contributed by atoms with Gasteiger partial charge in [0.05, 0.1) is 5.56 Å². The molecule has 4 atom stereocenters. The van der Waals surface area contributed by atoms with E-state index in [9.17, 15) is 14.4 Å². The molecule has 0 aromatic heterocycles. The van der Waals surface area contributed by atoms with Gasteiger partial charge in [0.1, 0.15) is 6.04 Å². The summed E-state index contributed by atoms with van der Waals surface area (Å²) in [6, 6.07) is 5.70. The predicted molar refractivity (Wildman–Crippen MR) is 144 cm³/mol. The number of carboxylic acid groups (broad SMARTS) is 1. The number of hydrogen-bond acceptors (Lipinski definition) is 7. The van der Waals surface area contributed by atoms with Crippen LogP contribution in [-0.2, 0) is 9.59 Å². The van der Waals surface area contributed by atoms with Crippen LogP contribution in [0.2, 0.25) is 0 Å². The Balaban J connectivity index is 1.75. The van der Waals surface area contributed by atoms with Crippen molar-refractivity contribution < 1.29 is 19.5 Å². The molecule has 2 aliphatic heterocycles. The fourth-order valence-electron chi connectivity index (χ4n) is 5.08. The van der Waals surface area contributed by atoms with Gasteiger partial charge in [-0.15, -0.1) is 0 Å². The lowest BCUT2D eigenvalue weighted by molar-refractivity contribution is -0.140. The highest BCUT2D eigenvalue weighted by Crippen LogP contribution is 2.29. The maximum Gasteiger partial charge on any atom is 0.335 e. The van der Waals surface area contributed by atoms with E-state index in [2.05, 4.69) is 27.7 Å². The molecule has 1 aromatic rings. The first kappa shape index (κ1) is 28.4. The Morgan fingerprint density at radius 3 is 2.36 bits per heavy atom. The molecular weight excluding hydrogens is 478 g/mol. The Labute approximate surface area is 218 Å². The smallest absolute Gasteiger partial charge is 0.335 e. The van der Waals surface area contributed by atoms with E-state index in [1.807, 2.05) is 6.92 Å². The first-order valence-corrected chi connectivity index (χ1v) is 14.1. The normalized spacial score (nSPS) is 22.8. The maximum atomic E-state index is 13.7. The second-order valence-corrected chi connectivity index (χ2v) is 10.8. The van der Waals surface area contributed by atoms with Crippen LogP contribution in [0.5, 0.6) is 0 Å².